The highest BCUT2D eigenvalue weighted by molar-refractivity contribution is 5.99. The van der Waals surface area contributed by atoms with E-state index < -0.39 is 0 Å². The number of nitrogen functional groups attached to an aromatic ring is 2. The molecule has 118 valence electrons. The van der Waals surface area contributed by atoms with Gasteiger partial charge in [0.2, 0.25) is 0 Å². The maximum absolute atomic E-state index is 6.27. The van der Waals surface area contributed by atoms with Crippen LogP contribution in [0.15, 0.2) is 72.8 Å². The van der Waals surface area contributed by atoms with Gasteiger partial charge in [-0.2, -0.15) is 5.10 Å². The number of hydrogen-bond donors (Lipinski definition) is 2. The van der Waals surface area contributed by atoms with Crippen LogP contribution >= 0.6 is 0 Å². The van der Waals surface area contributed by atoms with Crippen molar-refractivity contribution in [2.45, 2.75) is 6.54 Å². The second-order valence-electron chi connectivity index (χ2n) is 5.82. The molecule has 0 aliphatic rings. The number of anilines is 2. The van der Waals surface area contributed by atoms with Crippen LogP contribution in [0.5, 0.6) is 0 Å². The Morgan fingerprint density at radius 1 is 0.792 bits per heavy atom. The molecule has 0 fully saturated rings. The summed E-state index contributed by atoms with van der Waals surface area (Å²) < 4.78 is 1.77. The van der Waals surface area contributed by atoms with Crippen LogP contribution < -0.4 is 11.5 Å². The molecule has 0 unspecified atom stereocenters. The van der Waals surface area contributed by atoms with E-state index in [1.807, 2.05) is 42.5 Å². The maximum atomic E-state index is 6.27. The Labute approximate surface area is 140 Å². The van der Waals surface area contributed by atoms with Gasteiger partial charge in [0, 0.05) is 5.56 Å². The van der Waals surface area contributed by atoms with Crippen molar-refractivity contribution in [3.8, 4) is 11.3 Å². The molecule has 0 bridgehead atoms. The fraction of sp³-hybridized carbons (Fsp3) is 0.0500. The van der Waals surface area contributed by atoms with Crippen LogP contribution in [0.2, 0.25) is 0 Å². The average Bonchev–Trinajstić information content (AvgIpc) is 2.90. The molecule has 0 saturated carbocycles. The monoisotopic (exact) mass is 314 g/mol. The van der Waals surface area contributed by atoms with E-state index in [9.17, 15) is 0 Å². The van der Waals surface area contributed by atoms with E-state index in [-0.39, 0.29) is 0 Å². The van der Waals surface area contributed by atoms with Gasteiger partial charge < -0.3 is 11.5 Å². The lowest BCUT2D eigenvalue weighted by Crippen LogP contribution is -2.06. The van der Waals surface area contributed by atoms with E-state index in [2.05, 4.69) is 30.3 Å². The molecule has 0 spiro atoms. The predicted octanol–water partition coefficient (Wildman–Crippen LogP) is 3.92. The smallest absolute Gasteiger partial charge is 0.146 e. The quantitative estimate of drug-likeness (QED) is 0.602. The van der Waals surface area contributed by atoms with E-state index in [1.54, 1.807) is 4.68 Å². The summed E-state index contributed by atoms with van der Waals surface area (Å²) in [5.41, 5.74) is 15.9. The summed E-state index contributed by atoms with van der Waals surface area (Å²) in [5.74, 6) is 0.502. The van der Waals surface area contributed by atoms with Crippen LogP contribution in [0.25, 0.3) is 22.0 Å². The minimum atomic E-state index is 0.502. The zero-order chi connectivity index (χ0) is 16.5. The zero-order valence-electron chi connectivity index (χ0n) is 13.2. The molecule has 3 aromatic carbocycles. The molecule has 4 aromatic rings. The van der Waals surface area contributed by atoms with E-state index in [0.717, 1.165) is 27.6 Å². The molecule has 24 heavy (non-hydrogen) atoms. The number of aromatic nitrogens is 2. The lowest BCUT2D eigenvalue weighted by atomic mass is 10.0. The molecule has 0 aliphatic heterocycles. The van der Waals surface area contributed by atoms with E-state index >= 15 is 0 Å². The minimum Gasteiger partial charge on any atom is -0.394 e. The number of hydrogen-bond acceptors (Lipinski definition) is 3. The van der Waals surface area contributed by atoms with Gasteiger partial charge in [-0.3, -0.25) is 0 Å². The topological polar surface area (TPSA) is 69.9 Å². The van der Waals surface area contributed by atoms with Gasteiger partial charge >= 0.3 is 0 Å². The van der Waals surface area contributed by atoms with Gasteiger partial charge in [0.05, 0.1) is 6.54 Å². The molecular formula is C20H18N4. The summed E-state index contributed by atoms with van der Waals surface area (Å²) in [6.45, 7) is 0.599. The Morgan fingerprint density at radius 2 is 1.50 bits per heavy atom. The Bertz CT molecular complexity index is 998. The second-order valence-corrected chi connectivity index (χ2v) is 5.82. The molecule has 0 atom stereocenters. The van der Waals surface area contributed by atoms with Crippen LogP contribution in [0.3, 0.4) is 0 Å². The van der Waals surface area contributed by atoms with E-state index in [1.165, 1.54) is 0 Å². The largest absolute Gasteiger partial charge is 0.394 e. The van der Waals surface area contributed by atoms with Gasteiger partial charge in [-0.05, 0) is 16.3 Å². The molecule has 1 heterocycles. The third-order valence-electron chi connectivity index (χ3n) is 4.25. The SMILES string of the molecule is Nc1c(-c2cccc3ccccc23)nn(Cc2ccccc2)c1N. The molecular weight excluding hydrogens is 296 g/mol. The van der Waals surface area contributed by atoms with Crippen LogP contribution in [0.4, 0.5) is 11.5 Å². The number of rotatable bonds is 3. The van der Waals surface area contributed by atoms with Gasteiger partial charge in [0.25, 0.3) is 0 Å². The molecule has 4 heteroatoms. The lowest BCUT2D eigenvalue weighted by Gasteiger charge is -2.05. The Kier molecular flexibility index (Phi) is 3.43. The maximum Gasteiger partial charge on any atom is 0.146 e. The highest BCUT2D eigenvalue weighted by Crippen LogP contribution is 2.34. The average molecular weight is 314 g/mol. The van der Waals surface area contributed by atoms with Crippen LogP contribution in [0, 0.1) is 0 Å². The van der Waals surface area contributed by atoms with Crippen LogP contribution in [-0.2, 0) is 6.54 Å². The number of fused-ring (bicyclic) bond motifs is 1. The van der Waals surface area contributed by atoms with Crippen molar-refractivity contribution < 1.29 is 0 Å². The third kappa shape index (κ3) is 2.38. The molecule has 4 N–H and O–H groups in total. The van der Waals surface area contributed by atoms with Gasteiger partial charge in [0.1, 0.15) is 17.2 Å². The molecule has 0 radical (unpaired) electrons. The van der Waals surface area contributed by atoms with Gasteiger partial charge in [-0.15, -0.1) is 0 Å². The first-order valence-electron chi connectivity index (χ1n) is 7.88. The van der Waals surface area contributed by atoms with Gasteiger partial charge in [-0.25, -0.2) is 4.68 Å². The van der Waals surface area contributed by atoms with E-state index in [4.69, 9.17) is 16.6 Å². The van der Waals surface area contributed by atoms with Crippen molar-refractivity contribution >= 4 is 22.3 Å². The number of nitrogens with zero attached hydrogens (tertiary/aromatic N) is 2. The highest BCUT2D eigenvalue weighted by atomic mass is 15.3. The second kappa shape index (κ2) is 5.74. The van der Waals surface area contributed by atoms with E-state index in [0.29, 0.717) is 18.1 Å². The molecule has 4 nitrogen and oxygen atoms in total. The fourth-order valence-corrected chi connectivity index (χ4v) is 3.00. The molecule has 0 saturated heterocycles. The summed E-state index contributed by atoms with van der Waals surface area (Å²) in [6, 6.07) is 24.4. The minimum absolute atomic E-state index is 0.502. The molecule has 1 aromatic heterocycles. The summed E-state index contributed by atoms with van der Waals surface area (Å²) >= 11 is 0. The van der Waals surface area contributed by atoms with Crippen molar-refractivity contribution in [3.05, 3.63) is 78.4 Å². The van der Waals surface area contributed by atoms with Crippen LogP contribution in [-0.4, -0.2) is 9.78 Å². The first kappa shape index (κ1) is 14.3. The van der Waals surface area contributed by atoms with Crippen molar-refractivity contribution in [1.82, 2.24) is 9.78 Å². The standard InChI is InChI=1S/C20H18N4/c21-18-19(17-12-6-10-15-9-4-5-11-16(15)17)23-24(20(18)22)13-14-7-2-1-3-8-14/h1-12H,13,21-22H2. The first-order valence-corrected chi connectivity index (χ1v) is 7.88. The summed E-state index contributed by atoms with van der Waals surface area (Å²) in [6.07, 6.45) is 0. The molecule has 0 amide bonds. The van der Waals surface area contributed by atoms with Gasteiger partial charge in [0.15, 0.2) is 0 Å². The summed E-state index contributed by atoms with van der Waals surface area (Å²) in [4.78, 5) is 0. The number of benzene rings is 3. The molecule has 0 aliphatic carbocycles. The summed E-state index contributed by atoms with van der Waals surface area (Å²) in [5, 5.41) is 6.97. The van der Waals surface area contributed by atoms with Crippen molar-refractivity contribution in [2.24, 2.45) is 0 Å². The first-order chi connectivity index (χ1) is 11.7. The Morgan fingerprint density at radius 3 is 2.33 bits per heavy atom. The zero-order valence-corrected chi connectivity index (χ0v) is 13.2. The Balaban J connectivity index is 1.83. The van der Waals surface area contributed by atoms with Crippen molar-refractivity contribution in [1.29, 1.82) is 0 Å². The number of nitrogens with two attached hydrogens (primary N) is 2. The third-order valence-corrected chi connectivity index (χ3v) is 4.25. The predicted molar refractivity (Wildman–Crippen MR) is 99.5 cm³/mol. The normalized spacial score (nSPS) is 11.0. The molecule has 4 rings (SSSR count). The summed E-state index contributed by atoms with van der Waals surface area (Å²) in [7, 11) is 0. The van der Waals surface area contributed by atoms with Gasteiger partial charge in [-0.1, -0.05) is 72.8 Å². The lowest BCUT2D eigenvalue weighted by molar-refractivity contribution is 0.700. The van der Waals surface area contributed by atoms with Crippen LogP contribution in [0.1, 0.15) is 5.56 Å². The van der Waals surface area contributed by atoms with Crippen molar-refractivity contribution in [2.75, 3.05) is 11.5 Å². The highest BCUT2D eigenvalue weighted by Gasteiger charge is 2.16. The van der Waals surface area contributed by atoms with Crippen molar-refractivity contribution in [3.63, 3.8) is 0 Å². The fourth-order valence-electron chi connectivity index (χ4n) is 3.00. The Hall–Kier alpha value is -3.27.